The molecule has 132 valence electrons. The molecule has 1 aliphatic heterocycles. The van der Waals surface area contributed by atoms with Crippen LogP contribution in [0, 0.1) is 5.92 Å². The van der Waals surface area contributed by atoms with E-state index in [2.05, 4.69) is 26.8 Å². The van der Waals surface area contributed by atoms with Crippen molar-refractivity contribution in [1.82, 2.24) is 0 Å². The molecule has 0 unspecified atom stereocenters. The van der Waals surface area contributed by atoms with Crippen molar-refractivity contribution in [1.29, 1.82) is 0 Å². The van der Waals surface area contributed by atoms with Crippen LogP contribution in [0.3, 0.4) is 0 Å². The van der Waals surface area contributed by atoms with Crippen LogP contribution in [-0.2, 0) is 6.42 Å². The van der Waals surface area contributed by atoms with Gasteiger partial charge in [-0.2, -0.15) is 0 Å². The van der Waals surface area contributed by atoms with Crippen molar-refractivity contribution in [3.63, 3.8) is 0 Å². The maximum Gasteiger partial charge on any atom is 0.172 e. The van der Waals surface area contributed by atoms with E-state index in [1.165, 1.54) is 11.6 Å². The Morgan fingerprint density at radius 1 is 1.38 bits per heavy atom. The predicted octanol–water partition coefficient (Wildman–Crippen LogP) is 4.77. The third kappa shape index (κ3) is 3.74. The van der Waals surface area contributed by atoms with Gasteiger partial charge in [0.2, 0.25) is 0 Å². The van der Waals surface area contributed by atoms with Gasteiger partial charge in [0.25, 0.3) is 0 Å². The number of benzene rings is 1. The summed E-state index contributed by atoms with van der Waals surface area (Å²) in [6.07, 6.45) is 5.38. The number of hydrogen-bond acceptors (Lipinski definition) is 4. The van der Waals surface area contributed by atoms with Crippen molar-refractivity contribution < 1.29 is 19.7 Å². The molecule has 0 fully saturated rings. The van der Waals surface area contributed by atoms with Crippen LogP contribution in [-0.4, -0.2) is 21.6 Å². The van der Waals surface area contributed by atoms with Crippen molar-refractivity contribution in [2.24, 2.45) is 5.92 Å². The first-order valence-electron chi connectivity index (χ1n) is 8.59. The van der Waals surface area contributed by atoms with E-state index in [1.807, 2.05) is 0 Å². The molecule has 0 saturated heterocycles. The van der Waals surface area contributed by atoms with E-state index in [-0.39, 0.29) is 34.4 Å². The zero-order valence-electron chi connectivity index (χ0n) is 15.3. The van der Waals surface area contributed by atoms with Gasteiger partial charge in [0, 0.05) is 17.5 Å². The summed E-state index contributed by atoms with van der Waals surface area (Å²) in [4.78, 5) is 12.2. The van der Waals surface area contributed by atoms with E-state index in [0.29, 0.717) is 17.7 Å². The quantitative estimate of drug-likeness (QED) is 0.602. The fourth-order valence-corrected chi connectivity index (χ4v) is 3.08. The van der Waals surface area contributed by atoms with Gasteiger partial charge < -0.3 is 14.9 Å². The molecule has 0 saturated carbocycles. The van der Waals surface area contributed by atoms with Crippen LogP contribution >= 0.6 is 0 Å². The molecule has 4 heteroatoms. The monoisotopic (exact) mass is 332 g/mol. The van der Waals surface area contributed by atoms with Gasteiger partial charge in [-0.1, -0.05) is 25.5 Å². The van der Waals surface area contributed by atoms with E-state index in [4.69, 9.17) is 4.74 Å². The minimum Gasteiger partial charge on any atom is -0.507 e. The molecule has 2 rings (SSSR count). The number of fused-ring (bicyclic) bond motifs is 1. The molecule has 1 aliphatic rings. The maximum absolute atomic E-state index is 12.2. The van der Waals surface area contributed by atoms with Gasteiger partial charge in [-0.3, -0.25) is 4.79 Å². The molecule has 0 bridgehead atoms. The Morgan fingerprint density at radius 2 is 2.04 bits per heavy atom. The maximum atomic E-state index is 12.2. The van der Waals surface area contributed by atoms with Crippen LogP contribution in [0.2, 0.25) is 0 Å². The Bertz CT molecular complexity index is 669. The number of phenols is 2. The highest BCUT2D eigenvalue weighted by atomic mass is 16.5. The Morgan fingerprint density at radius 3 is 2.62 bits per heavy atom. The molecule has 0 aromatic heterocycles. The van der Waals surface area contributed by atoms with Gasteiger partial charge in [-0.15, -0.1) is 0 Å². The lowest BCUT2D eigenvalue weighted by Gasteiger charge is -2.36. The first-order valence-corrected chi connectivity index (χ1v) is 8.59. The summed E-state index contributed by atoms with van der Waals surface area (Å²) in [7, 11) is 0. The number of carbonyl (C=O) groups is 1. The van der Waals surface area contributed by atoms with Crippen LogP contribution in [0.15, 0.2) is 17.7 Å². The third-order valence-corrected chi connectivity index (χ3v) is 4.60. The fourth-order valence-electron chi connectivity index (χ4n) is 3.08. The SMILES string of the molecule is CC(C)=CCC[C@]1(C)CCc2c(cc(O)c(C(=O)C(C)C)c2O)O1. The summed E-state index contributed by atoms with van der Waals surface area (Å²) in [5.74, 6) is -0.409. The molecule has 1 aromatic rings. The highest BCUT2D eigenvalue weighted by molar-refractivity contribution is 6.03. The van der Waals surface area contributed by atoms with Gasteiger partial charge >= 0.3 is 0 Å². The van der Waals surface area contributed by atoms with Gasteiger partial charge in [0.05, 0.1) is 0 Å². The summed E-state index contributed by atoms with van der Waals surface area (Å²) < 4.78 is 6.10. The summed E-state index contributed by atoms with van der Waals surface area (Å²) in [5, 5.41) is 20.7. The summed E-state index contributed by atoms with van der Waals surface area (Å²) in [6, 6.07) is 1.48. The Labute approximate surface area is 144 Å². The zero-order chi connectivity index (χ0) is 18.1. The van der Waals surface area contributed by atoms with Gasteiger partial charge in [0.15, 0.2) is 5.78 Å². The Balaban J connectivity index is 2.30. The number of Topliss-reactive ketones (excluding diaryl/α,β-unsaturated/α-hetero) is 1. The molecule has 0 aliphatic carbocycles. The topological polar surface area (TPSA) is 66.8 Å². The summed E-state index contributed by atoms with van der Waals surface area (Å²) in [5.41, 5.74) is 1.58. The van der Waals surface area contributed by atoms with Gasteiger partial charge in [-0.25, -0.2) is 0 Å². The minimum absolute atomic E-state index is 0.0143. The summed E-state index contributed by atoms with van der Waals surface area (Å²) in [6.45, 7) is 9.69. The molecular weight excluding hydrogens is 304 g/mol. The Hall–Kier alpha value is -1.97. The lowest BCUT2D eigenvalue weighted by atomic mass is 9.86. The second kappa shape index (κ2) is 6.88. The van der Waals surface area contributed by atoms with Crippen molar-refractivity contribution in [2.45, 2.75) is 65.9 Å². The van der Waals surface area contributed by atoms with E-state index < -0.39 is 0 Å². The second-order valence-corrected chi connectivity index (χ2v) is 7.49. The molecule has 1 atom stereocenters. The number of allylic oxidation sites excluding steroid dienone is 2. The van der Waals surface area contributed by atoms with Crippen LogP contribution in [0.25, 0.3) is 0 Å². The number of aromatic hydroxyl groups is 2. The third-order valence-electron chi connectivity index (χ3n) is 4.60. The number of ether oxygens (including phenoxy) is 1. The molecule has 2 N–H and O–H groups in total. The molecule has 24 heavy (non-hydrogen) atoms. The minimum atomic E-state index is -0.332. The van der Waals surface area contributed by atoms with Gasteiger partial charge in [-0.05, 0) is 46.5 Å². The number of phenolic OH excluding ortho intramolecular Hbond substituents is 2. The number of rotatable bonds is 5. The molecule has 0 amide bonds. The van der Waals surface area contributed by atoms with E-state index in [9.17, 15) is 15.0 Å². The number of ketones is 1. The first-order chi connectivity index (χ1) is 11.1. The van der Waals surface area contributed by atoms with Crippen LogP contribution in [0.1, 0.15) is 69.8 Å². The second-order valence-electron chi connectivity index (χ2n) is 7.49. The molecular formula is C20H28O4. The summed E-state index contributed by atoms with van der Waals surface area (Å²) >= 11 is 0. The lowest BCUT2D eigenvalue weighted by Crippen LogP contribution is -2.36. The molecule has 1 heterocycles. The van der Waals surface area contributed by atoms with E-state index in [0.717, 1.165) is 19.3 Å². The van der Waals surface area contributed by atoms with Gasteiger partial charge in [0.1, 0.15) is 28.4 Å². The highest BCUT2D eigenvalue weighted by Crippen LogP contribution is 2.45. The average Bonchev–Trinajstić information content (AvgIpc) is 2.45. The van der Waals surface area contributed by atoms with Crippen molar-refractivity contribution in [3.8, 4) is 17.2 Å². The molecule has 0 spiro atoms. The average molecular weight is 332 g/mol. The molecule has 0 radical (unpaired) electrons. The van der Waals surface area contributed by atoms with Crippen molar-refractivity contribution in [2.75, 3.05) is 0 Å². The number of hydrogen-bond donors (Lipinski definition) is 2. The van der Waals surface area contributed by atoms with E-state index in [1.54, 1.807) is 13.8 Å². The predicted molar refractivity (Wildman–Crippen MR) is 95.0 cm³/mol. The normalized spacial score (nSPS) is 19.6. The standard InChI is InChI=1S/C20H28O4/c1-12(2)7-6-9-20(5)10-8-14-16(24-20)11-15(21)17(19(14)23)18(22)13(3)4/h7,11,13,21,23H,6,8-10H2,1-5H3/t20-/m1/s1. The molecule has 4 nitrogen and oxygen atoms in total. The molecule has 1 aromatic carbocycles. The Kier molecular flexibility index (Phi) is 5.26. The van der Waals surface area contributed by atoms with Crippen LogP contribution < -0.4 is 4.74 Å². The lowest BCUT2D eigenvalue weighted by molar-refractivity contribution is 0.0560. The van der Waals surface area contributed by atoms with Crippen LogP contribution in [0.5, 0.6) is 17.2 Å². The fraction of sp³-hybridized carbons (Fsp3) is 0.550. The largest absolute Gasteiger partial charge is 0.507 e. The smallest absolute Gasteiger partial charge is 0.172 e. The van der Waals surface area contributed by atoms with Crippen molar-refractivity contribution in [3.05, 3.63) is 28.8 Å². The number of carbonyl (C=O) groups excluding carboxylic acids is 1. The first kappa shape index (κ1) is 18.4. The van der Waals surface area contributed by atoms with Crippen molar-refractivity contribution >= 4 is 5.78 Å². The van der Waals surface area contributed by atoms with Crippen LogP contribution in [0.4, 0.5) is 0 Å². The van der Waals surface area contributed by atoms with E-state index >= 15 is 0 Å². The zero-order valence-corrected chi connectivity index (χ0v) is 15.3. The highest BCUT2D eigenvalue weighted by Gasteiger charge is 2.35.